The molecule has 1 heterocycles. The Labute approximate surface area is 141 Å². The average molecular weight is 326 g/mol. The Bertz CT molecular complexity index is 787. The van der Waals surface area contributed by atoms with Gasteiger partial charge in [-0.2, -0.15) is 0 Å². The van der Waals surface area contributed by atoms with Crippen molar-refractivity contribution in [3.8, 4) is 11.3 Å². The molecular weight excluding hydrogens is 306 g/mol. The molecule has 4 heteroatoms. The van der Waals surface area contributed by atoms with Crippen molar-refractivity contribution >= 4 is 5.69 Å². The lowest BCUT2D eigenvalue weighted by Crippen LogP contribution is -2.22. The zero-order chi connectivity index (χ0) is 17.2. The van der Waals surface area contributed by atoms with Crippen LogP contribution in [0.2, 0.25) is 0 Å². The molecule has 2 aromatic rings. The van der Waals surface area contributed by atoms with Gasteiger partial charge in [0.2, 0.25) is 0 Å². The van der Waals surface area contributed by atoms with Crippen LogP contribution in [0.5, 0.6) is 0 Å². The molecule has 24 heavy (non-hydrogen) atoms. The van der Waals surface area contributed by atoms with Crippen LogP contribution >= 0.6 is 0 Å². The van der Waals surface area contributed by atoms with Gasteiger partial charge in [0.1, 0.15) is 11.6 Å². The van der Waals surface area contributed by atoms with E-state index in [0.717, 1.165) is 18.1 Å². The standard InChI is InChI=1S/C20H20F2N2/c1-20(9-4-3-5-10-20)13-14-8-11-24-17(12-14)15-6-7-16(21)19(23-2)18(15)22/h6-8,11-12H,3-5,9-10,13H2,1H3. The lowest BCUT2D eigenvalue weighted by Gasteiger charge is -2.33. The molecule has 0 unspecified atom stereocenters. The highest BCUT2D eigenvalue weighted by Gasteiger charge is 2.27. The molecule has 1 aromatic heterocycles. The van der Waals surface area contributed by atoms with Crippen LogP contribution in [0.1, 0.15) is 44.6 Å². The number of aromatic nitrogens is 1. The number of benzene rings is 1. The fourth-order valence-electron chi connectivity index (χ4n) is 3.65. The minimum absolute atomic E-state index is 0.179. The number of halogens is 2. The molecule has 0 spiro atoms. The Kier molecular flexibility index (Phi) is 4.62. The molecule has 3 rings (SSSR count). The van der Waals surface area contributed by atoms with Crippen molar-refractivity contribution < 1.29 is 8.78 Å². The first-order valence-corrected chi connectivity index (χ1v) is 8.33. The number of hydrogen-bond acceptors (Lipinski definition) is 1. The predicted octanol–water partition coefficient (Wildman–Crippen LogP) is 6.09. The topological polar surface area (TPSA) is 17.2 Å². The maximum absolute atomic E-state index is 14.4. The largest absolute Gasteiger partial charge is 0.257 e. The molecule has 1 saturated carbocycles. The summed E-state index contributed by atoms with van der Waals surface area (Å²) < 4.78 is 27.9. The van der Waals surface area contributed by atoms with Gasteiger partial charge in [-0.15, -0.1) is 0 Å². The summed E-state index contributed by atoms with van der Waals surface area (Å²) in [6, 6.07) is 6.31. The van der Waals surface area contributed by atoms with E-state index in [4.69, 9.17) is 6.57 Å². The highest BCUT2D eigenvalue weighted by atomic mass is 19.1. The summed E-state index contributed by atoms with van der Waals surface area (Å²) in [7, 11) is 0. The van der Waals surface area contributed by atoms with Gasteiger partial charge in [-0.05, 0) is 54.5 Å². The van der Waals surface area contributed by atoms with E-state index >= 15 is 0 Å². The molecule has 1 aromatic carbocycles. The lowest BCUT2D eigenvalue weighted by atomic mass is 9.72. The zero-order valence-electron chi connectivity index (χ0n) is 13.8. The van der Waals surface area contributed by atoms with Crippen LogP contribution in [0, 0.1) is 23.6 Å². The minimum atomic E-state index is -0.836. The van der Waals surface area contributed by atoms with Crippen molar-refractivity contribution in [1.82, 2.24) is 4.98 Å². The molecule has 1 aliphatic carbocycles. The second-order valence-electron chi connectivity index (χ2n) is 6.97. The molecule has 0 amide bonds. The normalized spacial score (nSPS) is 16.6. The van der Waals surface area contributed by atoms with Crippen molar-refractivity contribution in [1.29, 1.82) is 0 Å². The first-order chi connectivity index (χ1) is 11.5. The van der Waals surface area contributed by atoms with Gasteiger partial charge in [-0.25, -0.2) is 13.6 Å². The average Bonchev–Trinajstić information content (AvgIpc) is 2.56. The number of rotatable bonds is 3. The summed E-state index contributed by atoms with van der Waals surface area (Å²) in [5.74, 6) is -1.67. The second kappa shape index (κ2) is 6.68. The maximum Gasteiger partial charge on any atom is 0.257 e. The smallest absolute Gasteiger partial charge is 0.256 e. The molecule has 1 fully saturated rings. The lowest BCUT2D eigenvalue weighted by molar-refractivity contribution is 0.215. The van der Waals surface area contributed by atoms with Crippen LogP contribution in [-0.4, -0.2) is 4.98 Å². The predicted molar refractivity (Wildman–Crippen MR) is 90.7 cm³/mol. The van der Waals surface area contributed by atoms with Gasteiger partial charge in [0.05, 0.1) is 12.3 Å². The number of hydrogen-bond donors (Lipinski definition) is 0. The molecule has 0 radical (unpaired) electrons. The Hall–Kier alpha value is -2.28. The van der Waals surface area contributed by atoms with Crippen LogP contribution in [0.4, 0.5) is 14.5 Å². The Morgan fingerprint density at radius 1 is 1.17 bits per heavy atom. The van der Waals surface area contributed by atoms with Crippen molar-refractivity contribution in [2.75, 3.05) is 0 Å². The molecule has 0 bridgehead atoms. The van der Waals surface area contributed by atoms with Crippen LogP contribution in [0.3, 0.4) is 0 Å². The van der Waals surface area contributed by atoms with Gasteiger partial charge >= 0.3 is 0 Å². The fourth-order valence-corrected chi connectivity index (χ4v) is 3.65. The van der Waals surface area contributed by atoms with Crippen molar-refractivity contribution in [3.63, 3.8) is 0 Å². The third-order valence-electron chi connectivity index (χ3n) is 4.97. The summed E-state index contributed by atoms with van der Waals surface area (Å²) in [5.41, 5.74) is 1.45. The molecule has 0 atom stereocenters. The van der Waals surface area contributed by atoms with Gasteiger partial charge in [0.15, 0.2) is 0 Å². The number of nitrogens with zero attached hydrogens (tertiary/aromatic N) is 2. The van der Waals surface area contributed by atoms with Crippen molar-refractivity contribution in [2.45, 2.75) is 45.4 Å². The SMILES string of the molecule is [C-]#[N+]c1c(F)ccc(-c2cc(CC3(C)CCCCC3)ccn2)c1F. The first-order valence-electron chi connectivity index (χ1n) is 8.33. The molecule has 124 valence electrons. The van der Waals surface area contributed by atoms with E-state index < -0.39 is 17.3 Å². The van der Waals surface area contributed by atoms with E-state index in [2.05, 4.69) is 16.8 Å². The quantitative estimate of drug-likeness (QED) is 0.624. The van der Waals surface area contributed by atoms with Gasteiger partial charge < -0.3 is 0 Å². The fraction of sp³-hybridized carbons (Fsp3) is 0.400. The van der Waals surface area contributed by atoms with Crippen molar-refractivity contribution in [2.24, 2.45) is 5.41 Å². The van der Waals surface area contributed by atoms with Crippen LogP contribution < -0.4 is 0 Å². The summed E-state index contributed by atoms with van der Waals surface area (Å²) >= 11 is 0. The van der Waals surface area contributed by atoms with Gasteiger partial charge in [0, 0.05) is 11.8 Å². The number of pyridine rings is 1. The molecule has 0 N–H and O–H groups in total. The highest BCUT2D eigenvalue weighted by molar-refractivity contribution is 5.67. The van der Waals surface area contributed by atoms with Gasteiger partial charge in [-0.3, -0.25) is 4.98 Å². The second-order valence-corrected chi connectivity index (χ2v) is 6.97. The summed E-state index contributed by atoms with van der Waals surface area (Å²) in [5, 5.41) is 0. The Morgan fingerprint density at radius 2 is 1.92 bits per heavy atom. The summed E-state index contributed by atoms with van der Waals surface area (Å²) in [4.78, 5) is 7.18. The monoisotopic (exact) mass is 326 g/mol. The highest BCUT2D eigenvalue weighted by Crippen LogP contribution is 2.39. The third kappa shape index (κ3) is 3.31. The minimum Gasteiger partial charge on any atom is -0.256 e. The van der Waals surface area contributed by atoms with Gasteiger partial charge in [-0.1, -0.05) is 26.2 Å². The molecule has 2 nitrogen and oxygen atoms in total. The van der Waals surface area contributed by atoms with Crippen LogP contribution in [0.25, 0.3) is 16.1 Å². The van der Waals surface area contributed by atoms with E-state index in [0.29, 0.717) is 5.69 Å². The molecule has 1 aliphatic rings. The van der Waals surface area contributed by atoms with E-state index in [1.54, 1.807) is 6.20 Å². The summed E-state index contributed by atoms with van der Waals surface area (Å²) in [6.45, 7) is 9.25. The van der Waals surface area contributed by atoms with Gasteiger partial charge in [0.25, 0.3) is 5.69 Å². The molecular formula is C20H20F2N2. The Morgan fingerprint density at radius 3 is 2.62 bits per heavy atom. The molecule has 0 aliphatic heterocycles. The molecule has 0 saturated heterocycles. The van der Waals surface area contributed by atoms with Crippen LogP contribution in [-0.2, 0) is 6.42 Å². The maximum atomic E-state index is 14.4. The third-order valence-corrected chi connectivity index (χ3v) is 4.97. The van der Waals surface area contributed by atoms with Crippen molar-refractivity contribution in [3.05, 3.63) is 59.1 Å². The van der Waals surface area contributed by atoms with E-state index in [9.17, 15) is 8.78 Å². The van der Waals surface area contributed by atoms with E-state index in [-0.39, 0.29) is 11.0 Å². The Balaban J connectivity index is 1.93. The summed E-state index contributed by atoms with van der Waals surface area (Å²) in [6.07, 6.45) is 8.83. The first kappa shape index (κ1) is 16.6. The van der Waals surface area contributed by atoms with Crippen LogP contribution in [0.15, 0.2) is 30.5 Å². The zero-order valence-corrected chi connectivity index (χ0v) is 13.8. The van der Waals surface area contributed by atoms with E-state index in [1.165, 1.54) is 38.2 Å². The van der Waals surface area contributed by atoms with E-state index in [1.807, 2.05) is 12.1 Å².